The number of benzene rings is 1. The third-order valence-electron chi connectivity index (χ3n) is 3.02. The van der Waals surface area contributed by atoms with Crippen LogP contribution in [0.3, 0.4) is 0 Å². The van der Waals surface area contributed by atoms with Gasteiger partial charge in [0.15, 0.2) is 11.6 Å². The van der Waals surface area contributed by atoms with Crippen LogP contribution in [0, 0.1) is 6.92 Å². The summed E-state index contributed by atoms with van der Waals surface area (Å²) < 4.78 is 10.6. The number of halogens is 2. The molecular formula is C14H10Cl2N2O2. The predicted octanol–water partition coefficient (Wildman–Crippen LogP) is 4.80. The molecule has 0 spiro atoms. The molecule has 3 rings (SSSR count). The summed E-state index contributed by atoms with van der Waals surface area (Å²) in [5, 5.41) is 4.86. The largest absolute Gasteiger partial charge is 0.469 e. The second-order valence-electron chi connectivity index (χ2n) is 4.29. The van der Waals surface area contributed by atoms with Crippen molar-refractivity contribution < 1.29 is 8.94 Å². The van der Waals surface area contributed by atoms with Crippen molar-refractivity contribution in [3.05, 3.63) is 46.3 Å². The molecule has 0 fully saturated rings. The molecule has 3 aromatic rings. The number of nitrogens with two attached hydrogens (primary N) is 1. The predicted molar refractivity (Wildman–Crippen MR) is 78.8 cm³/mol. The smallest absolute Gasteiger partial charge is 0.180 e. The number of hydrogen-bond donors (Lipinski definition) is 1. The summed E-state index contributed by atoms with van der Waals surface area (Å²) in [6, 6.07) is 6.97. The molecule has 0 aliphatic heterocycles. The fourth-order valence-electron chi connectivity index (χ4n) is 2.06. The van der Waals surface area contributed by atoms with E-state index in [1.165, 1.54) is 0 Å². The fourth-order valence-corrected chi connectivity index (χ4v) is 2.56. The summed E-state index contributed by atoms with van der Waals surface area (Å²) in [5.74, 6) is 1.51. The van der Waals surface area contributed by atoms with Gasteiger partial charge in [-0.05, 0) is 25.1 Å². The van der Waals surface area contributed by atoms with E-state index < -0.39 is 0 Å². The van der Waals surface area contributed by atoms with Crippen LogP contribution in [0.4, 0.5) is 5.82 Å². The van der Waals surface area contributed by atoms with Gasteiger partial charge in [-0.1, -0.05) is 34.4 Å². The highest BCUT2D eigenvalue weighted by atomic mass is 35.5. The van der Waals surface area contributed by atoms with Gasteiger partial charge in [0.25, 0.3) is 0 Å². The van der Waals surface area contributed by atoms with Crippen molar-refractivity contribution in [2.45, 2.75) is 6.92 Å². The molecule has 1 aromatic carbocycles. The molecule has 0 aliphatic carbocycles. The van der Waals surface area contributed by atoms with Crippen LogP contribution in [-0.4, -0.2) is 5.16 Å². The lowest BCUT2D eigenvalue weighted by molar-refractivity contribution is 0.434. The summed E-state index contributed by atoms with van der Waals surface area (Å²) in [5.41, 5.74) is 8.05. The molecular weight excluding hydrogens is 299 g/mol. The maximum Gasteiger partial charge on any atom is 0.180 e. The van der Waals surface area contributed by atoms with Gasteiger partial charge >= 0.3 is 0 Å². The van der Waals surface area contributed by atoms with E-state index in [4.69, 9.17) is 37.9 Å². The van der Waals surface area contributed by atoms with E-state index in [2.05, 4.69) is 5.16 Å². The highest BCUT2D eigenvalue weighted by Gasteiger charge is 2.22. The number of nitrogen functional groups attached to an aromatic ring is 1. The van der Waals surface area contributed by atoms with Crippen LogP contribution < -0.4 is 5.73 Å². The van der Waals surface area contributed by atoms with Gasteiger partial charge < -0.3 is 14.7 Å². The van der Waals surface area contributed by atoms with E-state index in [1.807, 2.05) is 6.92 Å². The minimum absolute atomic E-state index is 0.268. The Kier molecular flexibility index (Phi) is 3.20. The lowest BCUT2D eigenvalue weighted by Gasteiger charge is -2.05. The Labute approximate surface area is 125 Å². The molecule has 0 saturated carbocycles. The van der Waals surface area contributed by atoms with Crippen LogP contribution in [0.5, 0.6) is 0 Å². The fraction of sp³-hybridized carbons (Fsp3) is 0.0714. The van der Waals surface area contributed by atoms with Gasteiger partial charge in [-0.3, -0.25) is 0 Å². The average Bonchev–Trinajstić information content (AvgIpc) is 2.96. The van der Waals surface area contributed by atoms with Gasteiger partial charge in [0.05, 0.1) is 22.4 Å². The third kappa shape index (κ3) is 2.07. The molecule has 0 saturated heterocycles. The number of furan rings is 1. The number of aryl methyl sites for hydroxylation is 1. The SMILES string of the molecule is Cc1occc1-c1onc(N)c1-c1ccc(Cl)cc1Cl. The minimum atomic E-state index is 0.268. The van der Waals surface area contributed by atoms with E-state index in [0.717, 1.165) is 5.56 Å². The first kappa shape index (κ1) is 13.1. The summed E-state index contributed by atoms with van der Waals surface area (Å²) in [6.45, 7) is 1.83. The first-order valence-corrected chi connectivity index (χ1v) is 6.58. The zero-order valence-electron chi connectivity index (χ0n) is 10.5. The minimum Gasteiger partial charge on any atom is -0.469 e. The molecule has 2 heterocycles. The highest BCUT2D eigenvalue weighted by molar-refractivity contribution is 6.36. The van der Waals surface area contributed by atoms with Crippen LogP contribution in [-0.2, 0) is 0 Å². The molecule has 0 radical (unpaired) electrons. The molecule has 2 aromatic heterocycles. The van der Waals surface area contributed by atoms with Crippen molar-refractivity contribution in [2.24, 2.45) is 0 Å². The topological polar surface area (TPSA) is 65.2 Å². The Balaban J connectivity index is 2.24. The first-order chi connectivity index (χ1) is 9.58. The van der Waals surface area contributed by atoms with Crippen LogP contribution >= 0.6 is 23.2 Å². The molecule has 20 heavy (non-hydrogen) atoms. The number of aromatic nitrogens is 1. The normalized spacial score (nSPS) is 10.9. The zero-order valence-corrected chi connectivity index (χ0v) is 12.0. The van der Waals surface area contributed by atoms with Crippen molar-refractivity contribution >= 4 is 29.0 Å². The summed E-state index contributed by atoms with van der Waals surface area (Å²) in [4.78, 5) is 0. The summed E-state index contributed by atoms with van der Waals surface area (Å²) in [6.07, 6.45) is 1.58. The van der Waals surface area contributed by atoms with Crippen molar-refractivity contribution in [3.8, 4) is 22.5 Å². The van der Waals surface area contributed by atoms with Crippen molar-refractivity contribution in [2.75, 3.05) is 5.73 Å². The van der Waals surface area contributed by atoms with Crippen molar-refractivity contribution in [1.82, 2.24) is 5.16 Å². The molecule has 2 N–H and O–H groups in total. The van der Waals surface area contributed by atoms with Gasteiger partial charge in [-0.2, -0.15) is 0 Å². The van der Waals surface area contributed by atoms with Crippen LogP contribution in [0.15, 0.2) is 39.5 Å². The summed E-state index contributed by atoms with van der Waals surface area (Å²) >= 11 is 12.1. The zero-order chi connectivity index (χ0) is 14.3. The van der Waals surface area contributed by atoms with E-state index >= 15 is 0 Å². The molecule has 6 heteroatoms. The maximum absolute atomic E-state index is 6.23. The molecule has 4 nitrogen and oxygen atoms in total. The second-order valence-corrected chi connectivity index (χ2v) is 5.13. The molecule has 0 aliphatic rings. The molecule has 0 bridgehead atoms. The number of nitrogens with zero attached hydrogens (tertiary/aromatic N) is 1. The highest BCUT2D eigenvalue weighted by Crippen LogP contribution is 2.41. The monoisotopic (exact) mass is 308 g/mol. The Morgan fingerprint density at radius 2 is 1.95 bits per heavy atom. The van der Waals surface area contributed by atoms with E-state index in [0.29, 0.717) is 32.7 Å². The number of anilines is 1. The molecule has 0 atom stereocenters. The van der Waals surface area contributed by atoms with Gasteiger partial charge in [0, 0.05) is 10.6 Å². The Morgan fingerprint density at radius 3 is 2.60 bits per heavy atom. The average molecular weight is 309 g/mol. The standard InChI is InChI=1S/C14H10Cl2N2O2/c1-7-9(4-5-19-7)13-12(14(17)18-20-13)10-3-2-8(15)6-11(10)16/h2-6H,1H3,(H2,17,18). The molecule has 0 unspecified atom stereocenters. The van der Waals surface area contributed by atoms with Gasteiger partial charge in [-0.25, -0.2) is 0 Å². The maximum atomic E-state index is 6.23. The molecule has 0 amide bonds. The van der Waals surface area contributed by atoms with Gasteiger partial charge in [0.1, 0.15) is 5.76 Å². The number of hydrogen-bond acceptors (Lipinski definition) is 4. The number of rotatable bonds is 2. The van der Waals surface area contributed by atoms with Gasteiger partial charge in [0.2, 0.25) is 0 Å². The van der Waals surface area contributed by atoms with Crippen molar-refractivity contribution in [3.63, 3.8) is 0 Å². The Hall–Kier alpha value is -1.91. The third-order valence-corrected chi connectivity index (χ3v) is 3.57. The second kappa shape index (κ2) is 4.89. The Bertz CT molecular complexity index is 777. The van der Waals surface area contributed by atoms with E-state index in [9.17, 15) is 0 Å². The van der Waals surface area contributed by atoms with Crippen LogP contribution in [0.25, 0.3) is 22.5 Å². The Morgan fingerprint density at radius 1 is 1.15 bits per heavy atom. The lowest BCUT2D eigenvalue weighted by Crippen LogP contribution is -1.90. The first-order valence-electron chi connectivity index (χ1n) is 5.83. The van der Waals surface area contributed by atoms with E-state index in [1.54, 1.807) is 30.5 Å². The van der Waals surface area contributed by atoms with E-state index in [-0.39, 0.29) is 5.82 Å². The quantitative estimate of drug-likeness (QED) is 0.738. The van der Waals surface area contributed by atoms with Crippen LogP contribution in [0.1, 0.15) is 5.76 Å². The van der Waals surface area contributed by atoms with Crippen LogP contribution in [0.2, 0.25) is 10.0 Å². The van der Waals surface area contributed by atoms with Crippen molar-refractivity contribution in [1.29, 1.82) is 0 Å². The molecule has 102 valence electrons. The van der Waals surface area contributed by atoms with Gasteiger partial charge in [-0.15, -0.1) is 0 Å². The lowest BCUT2D eigenvalue weighted by atomic mass is 10.0. The summed E-state index contributed by atoms with van der Waals surface area (Å²) in [7, 11) is 0.